The van der Waals surface area contributed by atoms with E-state index in [0.29, 0.717) is 12.2 Å². The van der Waals surface area contributed by atoms with Crippen LogP contribution >= 0.6 is 35.0 Å². The summed E-state index contributed by atoms with van der Waals surface area (Å²) in [6.45, 7) is 0. The zero-order chi connectivity index (χ0) is 13.7. The first-order chi connectivity index (χ1) is 8.45. The van der Waals surface area contributed by atoms with Crippen molar-refractivity contribution in [3.8, 4) is 0 Å². The number of rotatable bonds is 6. The molecule has 1 aromatic rings. The number of carbonyl (C=O) groups is 2. The van der Waals surface area contributed by atoms with Crippen LogP contribution in [-0.4, -0.2) is 40.0 Å². The Morgan fingerprint density at radius 2 is 2.22 bits per heavy atom. The summed E-state index contributed by atoms with van der Waals surface area (Å²) in [5, 5.41) is 11.7. The average molecular weight is 311 g/mol. The van der Waals surface area contributed by atoms with Gasteiger partial charge in [0.05, 0.1) is 5.02 Å². The quantitative estimate of drug-likeness (QED) is 0.752. The molecule has 0 saturated carbocycles. The molecule has 1 amide bonds. The van der Waals surface area contributed by atoms with Crippen LogP contribution in [-0.2, 0) is 4.79 Å². The second kappa shape index (κ2) is 6.92. The van der Waals surface area contributed by atoms with E-state index >= 15 is 0 Å². The van der Waals surface area contributed by atoms with Crippen molar-refractivity contribution in [2.24, 2.45) is 0 Å². The molecule has 18 heavy (non-hydrogen) atoms. The van der Waals surface area contributed by atoms with Gasteiger partial charge in [-0.1, -0.05) is 23.2 Å². The second-order valence-electron chi connectivity index (χ2n) is 3.49. The third-order valence-corrected chi connectivity index (χ3v) is 3.52. The van der Waals surface area contributed by atoms with Crippen molar-refractivity contribution in [2.45, 2.75) is 12.5 Å². The van der Waals surface area contributed by atoms with Crippen LogP contribution in [0.25, 0.3) is 0 Å². The van der Waals surface area contributed by atoms with E-state index in [1.54, 1.807) is 0 Å². The Bertz CT molecular complexity index is 431. The lowest BCUT2D eigenvalue weighted by Crippen LogP contribution is -2.41. The molecule has 8 heteroatoms. The zero-order valence-electron chi connectivity index (χ0n) is 9.50. The average Bonchev–Trinajstić information content (AvgIpc) is 2.64. The molecular formula is C10H12Cl2N2O3S. The molecule has 0 aliphatic carbocycles. The molecule has 3 N–H and O–H groups in total. The monoisotopic (exact) mass is 310 g/mol. The van der Waals surface area contributed by atoms with E-state index in [4.69, 9.17) is 28.3 Å². The molecule has 0 bridgehead atoms. The van der Waals surface area contributed by atoms with Crippen LogP contribution in [0.3, 0.4) is 0 Å². The summed E-state index contributed by atoms with van der Waals surface area (Å²) in [6.07, 6.45) is 2.22. The highest BCUT2D eigenvalue weighted by molar-refractivity contribution is 7.98. The molecule has 0 fully saturated rings. The Hall–Kier alpha value is -0.850. The van der Waals surface area contributed by atoms with Gasteiger partial charge in [0, 0.05) is 0 Å². The van der Waals surface area contributed by atoms with Gasteiger partial charge in [0.15, 0.2) is 0 Å². The van der Waals surface area contributed by atoms with Crippen molar-refractivity contribution in [3.05, 3.63) is 21.9 Å². The molecule has 1 rings (SSSR count). The normalized spacial score (nSPS) is 12.2. The van der Waals surface area contributed by atoms with Gasteiger partial charge in [-0.3, -0.25) is 4.79 Å². The van der Waals surface area contributed by atoms with Crippen molar-refractivity contribution in [1.82, 2.24) is 10.3 Å². The third kappa shape index (κ3) is 4.12. The summed E-state index contributed by atoms with van der Waals surface area (Å²) in [5.41, 5.74) is 0.139. The van der Waals surface area contributed by atoms with E-state index in [0.717, 1.165) is 0 Å². The molecule has 100 valence electrons. The lowest BCUT2D eigenvalue weighted by molar-refractivity contribution is -0.139. The summed E-state index contributed by atoms with van der Waals surface area (Å²) in [6, 6.07) is 0.429. The predicted octanol–water partition coefficient (Wildman–Crippen LogP) is 2.26. The maximum absolute atomic E-state index is 11.8. The fourth-order valence-corrected chi connectivity index (χ4v) is 2.04. The predicted molar refractivity (Wildman–Crippen MR) is 72.7 cm³/mol. The molecule has 0 aromatic carbocycles. The molecule has 1 heterocycles. The molecule has 0 radical (unpaired) electrons. The van der Waals surface area contributed by atoms with Gasteiger partial charge < -0.3 is 15.4 Å². The standard InChI is InChI=1S/C10H12Cl2N2O3S/c1-18-3-2-6(10(16)17)14-9(15)7-4-5(11)8(12)13-7/h4,6,13H,2-3H2,1H3,(H,14,15)(H,16,17)/t6-/m0/s1. The van der Waals surface area contributed by atoms with Crippen molar-refractivity contribution < 1.29 is 14.7 Å². The SMILES string of the molecule is CSCC[C@H](NC(=O)c1cc(Cl)c(Cl)[nH]1)C(=O)O. The number of aliphatic carboxylic acids is 1. The summed E-state index contributed by atoms with van der Waals surface area (Å²) >= 11 is 12.9. The van der Waals surface area contributed by atoms with Crippen molar-refractivity contribution in [1.29, 1.82) is 0 Å². The Balaban J connectivity index is 2.69. The number of aromatic amines is 1. The van der Waals surface area contributed by atoms with Crippen LogP contribution in [0.5, 0.6) is 0 Å². The number of hydrogen-bond acceptors (Lipinski definition) is 3. The van der Waals surface area contributed by atoms with Crippen LogP contribution in [0.15, 0.2) is 6.07 Å². The second-order valence-corrected chi connectivity index (χ2v) is 5.26. The summed E-state index contributed by atoms with van der Waals surface area (Å²) in [7, 11) is 0. The lowest BCUT2D eigenvalue weighted by atomic mass is 10.2. The number of thioether (sulfide) groups is 1. The van der Waals surface area contributed by atoms with E-state index in [1.165, 1.54) is 17.8 Å². The van der Waals surface area contributed by atoms with Gasteiger partial charge in [-0.05, 0) is 24.5 Å². The van der Waals surface area contributed by atoms with Gasteiger partial charge in [-0.2, -0.15) is 11.8 Å². The topological polar surface area (TPSA) is 82.2 Å². The maximum Gasteiger partial charge on any atom is 0.326 e. The fourth-order valence-electron chi connectivity index (χ4n) is 1.26. The molecule has 1 aromatic heterocycles. The number of amides is 1. The minimum absolute atomic E-state index is 0.139. The lowest BCUT2D eigenvalue weighted by Gasteiger charge is -2.13. The van der Waals surface area contributed by atoms with Crippen LogP contribution in [0.1, 0.15) is 16.9 Å². The number of nitrogens with one attached hydrogen (secondary N) is 2. The maximum atomic E-state index is 11.8. The van der Waals surface area contributed by atoms with Gasteiger partial charge in [0.1, 0.15) is 16.9 Å². The number of aromatic nitrogens is 1. The first kappa shape index (κ1) is 15.2. The van der Waals surface area contributed by atoms with Crippen molar-refractivity contribution in [2.75, 3.05) is 12.0 Å². The summed E-state index contributed by atoms with van der Waals surface area (Å²) in [4.78, 5) is 25.3. The minimum Gasteiger partial charge on any atom is -0.480 e. The number of H-pyrrole nitrogens is 1. The Labute approximate surface area is 118 Å². The summed E-state index contributed by atoms with van der Waals surface area (Å²) in [5.74, 6) is -0.970. The summed E-state index contributed by atoms with van der Waals surface area (Å²) < 4.78 is 0. The van der Waals surface area contributed by atoms with Crippen LogP contribution in [0.2, 0.25) is 10.2 Å². The Morgan fingerprint density at radius 1 is 1.56 bits per heavy atom. The molecule has 1 atom stereocenters. The third-order valence-electron chi connectivity index (χ3n) is 2.18. The Morgan fingerprint density at radius 3 is 2.67 bits per heavy atom. The molecule has 0 aliphatic rings. The van der Waals surface area contributed by atoms with Gasteiger partial charge in [0.2, 0.25) is 0 Å². The number of carboxylic acids is 1. The van der Waals surface area contributed by atoms with Crippen LogP contribution < -0.4 is 5.32 Å². The molecule has 0 saturated heterocycles. The molecule has 0 spiro atoms. The molecule has 5 nitrogen and oxygen atoms in total. The van der Waals surface area contributed by atoms with Crippen molar-refractivity contribution in [3.63, 3.8) is 0 Å². The molecule has 0 aliphatic heterocycles. The first-order valence-corrected chi connectivity index (χ1v) is 7.17. The van der Waals surface area contributed by atoms with Crippen molar-refractivity contribution >= 4 is 46.8 Å². The van der Waals surface area contributed by atoms with Crippen LogP contribution in [0.4, 0.5) is 0 Å². The smallest absolute Gasteiger partial charge is 0.326 e. The highest BCUT2D eigenvalue weighted by atomic mass is 35.5. The van der Waals surface area contributed by atoms with E-state index in [9.17, 15) is 9.59 Å². The molecule has 0 unspecified atom stereocenters. The van der Waals surface area contributed by atoms with Crippen LogP contribution in [0, 0.1) is 0 Å². The number of carboxylic acid groups (broad SMARTS) is 1. The van der Waals surface area contributed by atoms with Gasteiger partial charge in [-0.25, -0.2) is 4.79 Å². The Kier molecular flexibility index (Phi) is 5.84. The van der Waals surface area contributed by atoms with E-state index in [2.05, 4.69) is 10.3 Å². The fraction of sp³-hybridized carbons (Fsp3) is 0.400. The van der Waals surface area contributed by atoms with E-state index in [-0.39, 0.29) is 15.9 Å². The highest BCUT2D eigenvalue weighted by Crippen LogP contribution is 2.21. The number of hydrogen-bond donors (Lipinski definition) is 3. The van der Waals surface area contributed by atoms with Gasteiger partial charge in [-0.15, -0.1) is 0 Å². The first-order valence-electron chi connectivity index (χ1n) is 5.02. The highest BCUT2D eigenvalue weighted by Gasteiger charge is 2.21. The van der Waals surface area contributed by atoms with E-state index in [1.807, 2.05) is 6.26 Å². The van der Waals surface area contributed by atoms with Gasteiger partial charge in [0.25, 0.3) is 5.91 Å². The number of carbonyl (C=O) groups excluding carboxylic acids is 1. The van der Waals surface area contributed by atoms with Gasteiger partial charge >= 0.3 is 5.97 Å². The largest absolute Gasteiger partial charge is 0.480 e. The zero-order valence-corrected chi connectivity index (χ0v) is 11.8. The van der Waals surface area contributed by atoms with E-state index < -0.39 is 17.9 Å². The molecular weight excluding hydrogens is 299 g/mol. The minimum atomic E-state index is -1.07. The number of halogens is 2.